The third-order valence-corrected chi connectivity index (χ3v) is 13.5. The van der Waals surface area contributed by atoms with Crippen LogP contribution in [0.25, 0.3) is 97.7 Å². The Morgan fingerprint density at radius 3 is 1.73 bits per heavy atom. The molecule has 0 atom stereocenters. The number of nitrogens with zero attached hydrogens (tertiary/aromatic N) is 1. The van der Waals surface area contributed by atoms with Crippen molar-refractivity contribution in [2.24, 2.45) is 0 Å². The Labute approximate surface area is 370 Å². The molecule has 0 unspecified atom stereocenters. The SMILES string of the molecule is c1ccc(-c2ccccc2-c2c(-c3ccccc3)cccc2N(c2ccc(-c3ccc4oc5ccccc5c4c3)cc2)c2cccc(-c3cccc4c3sc3ccccc34)c2)cc1. The summed E-state index contributed by atoms with van der Waals surface area (Å²) < 4.78 is 8.80. The van der Waals surface area contributed by atoms with Gasteiger partial charge in [0.1, 0.15) is 11.2 Å². The molecule has 12 aromatic rings. The summed E-state index contributed by atoms with van der Waals surface area (Å²) in [6.07, 6.45) is 0. The van der Waals surface area contributed by atoms with Crippen LogP contribution in [-0.2, 0) is 0 Å². The van der Waals surface area contributed by atoms with Crippen LogP contribution in [0.4, 0.5) is 17.1 Å². The summed E-state index contributed by atoms with van der Waals surface area (Å²) >= 11 is 1.87. The van der Waals surface area contributed by atoms with Gasteiger partial charge in [0.15, 0.2) is 0 Å². The Bertz CT molecular complexity index is 3620. The predicted octanol–water partition coefficient (Wildman–Crippen LogP) is 17.8. The normalized spacial score (nSPS) is 11.5. The first-order valence-electron chi connectivity index (χ1n) is 21.4. The van der Waals surface area contributed by atoms with Crippen LogP contribution in [0.5, 0.6) is 0 Å². The smallest absolute Gasteiger partial charge is 0.135 e. The molecule has 63 heavy (non-hydrogen) atoms. The molecule has 2 aromatic heterocycles. The molecule has 0 N–H and O–H groups in total. The van der Waals surface area contributed by atoms with Crippen molar-refractivity contribution < 1.29 is 4.42 Å². The molecule has 0 radical (unpaired) electrons. The minimum atomic E-state index is 0.899. The quantitative estimate of drug-likeness (QED) is 0.152. The number of rotatable bonds is 8. The van der Waals surface area contributed by atoms with E-state index < -0.39 is 0 Å². The van der Waals surface area contributed by atoms with Gasteiger partial charge in [-0.2, -0.15) is 0 Å². The van der Waals surface area contributed by atoms with Crippen LogP contribution >= 0.6 is 11.3 Å². The Morgan fingerprint density at radius 1 is 0.317 bits per heavy atom. The summed E-state index contributed by atoms with van der Waals surface area (Å²) in [5.74, 6) is 0. The number of benzene rings is 10. The lowest BCUT2D eigenvalue weighted by molar-refractivity contribution is 0.669. The molecule has 0 bridgehead atoms. The fourth-order valence-electron chi connectivity index (χ4n) is 9.36. The fraction of sp³-hybridized carbons (Fsp3) is 0. The molecule has 2 nitrogen and oxygen atoms in total. The second kappa shape index (κ2) is 15.5. The highest BCUT2D eigenvalue weighted by atomic mass is 32.1. The molecule has 0 saturated carbocycles. The molecule has 296 valence electrons. The van der Waals surface area contributed by atoms with E-state index in [1.807, 2.05) is 23.5 Å². The van der Waals surface area contributed by atoms with Gasteiger partial charge in [-0.25, -0.2) is 0 Å². The van der Waals surface area contributed by atoms with E-state index in [-0.39, 0.29) is 0 Å². The summed E-state index contributed by atoms with van der Waals surface area (Å²) in [7, 11) is 0. The van der Waals surface area contributed by atoms with Crippen LogP contribution in [-0.4, -0.2) is 0 Å². The first-order valence-corrected chi connectivity index (χ1v) is 22.2. The summed E-state index contributed by atoms with van der Waals surface area (Å²) in [4.78, 5) is 2.45. The van der Waals surface area contributed by atoms with Crippen molar-refractivity contribution in [3.05, 3.63) is 237 Å². The van der Waals surface area contributed by atoms with E-state index in [9.17, 15) is 0 Å². The van der Waals surface area contributed by atoms with Crippen LogP contribution in [0.1, 0.15) is 0 Å². The van der Waals surface area contributed by atoms with E-state index in [2.05, 4.69) is 229 Å². The van der Waals surface area contributed by atoms with Crippen LogP contribution < -0.4 is 4.90 Å². The largest absolute Gasteiger partial charge is 0.456 e. The maximum absolute atomic E-state index is 6.19. The molecule has 0 amide bonds. The van der Waals surface area contributed by atoms with Gasteiger partial charge in [-0.15, -0.1) is 11.3 Å². The second-order valence-electron chi connectivity index (χ2n) is 16.0. The minimum Gasteiger partial charge on any atom is -0.456 e. The van der Waals surface area contributed by atoms with Crippen LogP contribution in [0.15, 0.2) is 241 Å². The summed E-state index contributed by atoms with van der Waals surface area (Å²) in [6.45, 7) is 0. The highest BCUT2D eigenvalue weighted by Crippen LogP contribution is 2.49. The zero-order valence-corrected chi connectivity index (χ0v) is 35.1. The lowest BCUT2D eigenvalue weighted by atomic mass is 9.87. The first kappa shape index (κ1) is 36.8. The fourth-order valence-corrected chi connectivity index (χ4v) is 10.6. The molecule has 0 aliphatic carbocycles. The van der Waals surface area contributed by atoms with Crippen molar-refractivity contribution in [3.8, 4) is 55.6 Å². The van der Waals surface area contributed by atoms with Gasteiger partial charge in [0.25, 0.3) is 0 Å². The lowest BCUT2D eigenvalue weighted by Gasteiger charge is -2.30. The van der Waals surface area contributed by atoms with Crippen LogP contribution in [0.2, 0.25) is 0 Å². The van der Waals surface area contributed by atoms with Gasteiger partial charge in [0.05, 0.1) is 5.69 Å². The van der Waals surface area contributed by atoms with Crippen molar-refractivity contribution in [1.29, 1.82) is 0 Å². The van der Waals surface area contributed by atoms with Crippen molar-refractivity contribution in [3.63, 3.8) is 0 Å². The topological polar surface area (TPSA) is 16.4 Å². The standard InChI is InChI=1S/C60H39NOS/c1-3-16-41(17-4-1)47-22-7-8-25-52(47)59-48(42-18-5-2-6-19-42)26-15-29-55(59)61(45-35-32-40(33-36-45)43-34-37-57-54(39-43)50-23-9-11-30-56(50)62-57)46-21-13-20-44(38-46)49-27-14-28-53-51-24-10-12-31-58(51)63-60(49)53/h1-39H. The Hall–Kier alpha value is -7.98. The second-order valence-corrected chi connectivity index (χ2v) is 17.1. The first-order chi connectivity index (χ1) is 31.2. The molecule has 0 fully saturated rings. The zero-order chi connectivity index (χ0) is 41.7. The van der Waals surface area contributed by atoms with Gasteiger partial charge in [-0.1, -0.05) is 182 Å². The minimum absolute atomic E-state index is 0.899. The molecular weight excluding hydrogens is 783 g/mol. The summed E-state index contributed by atoms with van der Waals surface area (Å²) in [5, 5.41) is 4.85. The van der Waals surface area contributed by atoms with Crippen molar-refractivity contribution in [2.45, 2.75) is 0 Å². The zero-order valence-electron chi connectivity index (χ0n) is 34.3. The molecule has 0 saturated heterocycles. The molecule has 0 aliphatic rings. The molecule has 0 aliphatic heterocycles. The Morgan fingerprint density at radius 2 is 0.905 bits per heavy atom. The predicted molar refractivity (Wildman–Crippen MR) is 268 cm³/mol. The van der Waals surface area contributed by atoms with Gasteiger partial charge in [0, 0.05) is 47.9 Å². The van der Waals surface area contributed by atoms with Gasteiger partial charge < -0.3 is 9.32 Å². The Kier molecular flexibility index (Phi) is 9.06. The van der Waals surface area contributed by atoms with Gasteiger partial charge in [-0.3, -0.25) is 0 Å². The van der Waals surface area contributed by atoms with E-state index in [0.29, 0.717) is 0 Å². The van der Waals surface area contributed by atoms with E-state index in [4.69, 9.17) is 4.42 Å². The van der Waals surface area contributed by atoms with Gasteiger partial charge in [0.2, 0.25) is 0 Å². The van der Waals surface area contributed by atoms with Gasteiger partial charge in [-0.05, 0) is 105 Å². The highest BCUT2D eigenvalue weighted by molar-refractivity contribution is 7.26. The summed E-state index contributed by atoms with van der Waals surface area (Å²) in [6, 6.07) is 85.6. The highest BCUT2D eigenvalue weighted by Gasteiger charge is 2.23. The number of hydrogen-bond donors (Lipinski definition) is 0. The molecule has 0 spiro atoms. The average molecular weight is 822 g/mol. The maximum atomic E-state index is 6.19. The van der Waals surface area contributed by atoms with Crippen LogP contribution in [0, 0.1) is 0 Å². The van der Waals surface area contributed by atoms with Crippen molar-refractivity contribution in [1.82, 2.24) is 0 Å². The molecule has 3 heteroatoms. The molecule has 2 heterocycles. The monoisotopic (exact) mass is 821 g/mol. The van der Waals surface area contributed by atoms with Crippen LogP contribution in [0.3, 0.4) is 0 Å². The van der Waals surface area contributed by atoms with Crippen molar-refractivity contribution in [2.75, 3.05) is 4.90 Å². The molecule has 10 aromatic carbocycles. The molecule has 12 rings (SSSR count). The van der Waals surface area contributed by atoms with E-state index in [1.165, 1.54) is 64.7 Å². The number of para-hydroxylation sites is 1. The van der Waals surface area contributed by atoms with Gasteiger partial charge >= 0.3 is 0 Å². The summed E-state index contributed by atoms with van der Waals surface area (Å²) in [5.41, 5.74) is 16.8. The third kappa shape index (κ3) is 6.50. The number of furan rings is 1. The number of thiophene rings is 1. The average Bonchev–Trinajstić information content (AvgIpc) is 3.93. The lowest BCUT2D eigenvalue weighted by Crippen LogP contribution is -2.12. The Balaban J connectivity index is 1.08. The van der Waals surface area contributed by atoms with E-state index in [1.54, 1.807) is 0 Å². The third-order valence-electron chi connectivity index (χ3n) is 12.3. The maximum Gasteiger partial charge on any atom is 0.135 e. The van der Waals surface area contributed by atoms with E-state index in [0.717, 1.165) is 50.1 Å². The molecular formula is C60H39NOS. The number of fused-ring (bicyclic) bond motifs is 6. The van der Waals surface area contributed by atoms with E-state index >= 15 is 0 Å². The number of anilines is 3. The number of hydrogen-bond acceptors (Lipinski definition) is 3. The van der Waals surface area contributed by atoms with Crippen molar-refractivity contribution >= 4 is 70.5 Å².